The lowest BCUT2D eigenvalue weighted by atomic mass is 10.0. The van der Waals surface area contributed by atoms with E-state index in [1.54, 1.807) is 25.3 Å². The maximum absolute atomic E-state index is 12.3. The molecule has 0 heterocycles. The van der Waals surface area contributed by atoms with Crippen molar-refractivity contribution < 1.29 is 9.53 Å². The molecule has 0 unspecified atom stereocenters. The minimum atomic E-state index is -0.0347. The minimum absolute atomic E-state index is 0.0347. The first-order valence-corrected chi connectivity index (χ1v) is 8.02. The molecule has 114 valence electrons. The molecule has 0 saturated carbocycles. The van der Waals surface area contributed by atoms with E-state index in [2.05, 4.69) is 15.9 Å². The van der Waals surface area contributed by atoms with Gasteiger partial charge in [0.1, 0.15) is 5.75 Å². The van der Waals surface area contributed by atoms with Crippen molar-refractivity contribution in [1.29, 1.82) is 0 Å². The molecule has 2 nitrogen and oxygen atoms in total. The molecule has 23 heavy (non-hydrogen) atoms. The molecule has 0 N–H and O–H groups in total. The third kappa shape index (κ3) is 3.35. The number of rotatable bonds is 4. The number of carbonyl (C=O) groups is 1. The maximum Gasteiger partial charge on any atom is 0.185 e. The second kappa shape index (κ2) is 6.80. The van der Waals surface area contributed by atoms with Crippen molar-refractivity contribution >= 4 is 38.6 Å². The number of carbonyl (C=O) groups excluding carboxylic acids is 1. The molecule has 3 aromatic rings. The third-order valence-corrected chi connectivity index (χ3v) is 4.21. The highest BCUT2D eigenvalue weighted by Crippen LogP contribution is 2.29. The second-order valence-electron chi connectivity index (χ2n) is 5.11. The molecule has 0 aliphatic rings. The summed E-state index contributed by atoms with van der Waals surface area (Å²) in [6.07, 6.45) is 3.42. The topological polar surface area (TPSA) is 26.3 Å². The molecule has 0 fully saturated rings. The van der Waals surface area contributed by atoms with Crippen molar-refractivity contribution in [2.24, 2.45) is 0 Å². The fourth-order valence-corrected chi connectivity index (χ4v) is 2.76. The first-order chi connectivity index (χ1) is 11.2. The first kappa shape index (κ1) is 15.5. The van der Waals surface area contributed by atoms with Gasteiger partial charge in [0.2, 0.25) is 0 Å². The Hall–Kier alpha value is -2.39. The van der Waals surface area contributed by atoms with Crippen LogP contribution in [0.3, 0.4) is 0 Å². The van der Waals surface area contributed by atoms with Crippen molar-refractivity contribution in [3.05, 3.63) is 82.3 Å². The van der Waals surface area contributed by atoms with Gasteiger partial charge in [0.25, 0.3) is 0 Å². The molecule has 0 aromatic heterocycles. The van der Waals surface area contributed by atoms with Crippen LogP contribution in [0.2, 0.25) is 0 Å². The highest BCUT2D eigenvalue weighted by Gasteiger charge is 2.07. The Bertz CT molecular complexity index is 880. The highest BCUT2D eigenvalue weighted by atomic mass is 79.9. The van der Waals surface area contributed by atoms with Crippen LogP contribution in [0.5, 0.6) is 5.75 Å². The summed E-state index contributed by atoms with van der Waals surface area (Å²) in [6, 6.07) is 19.3. The quantitative estimate of drug-likeness (QED) is 0.449. The van der Waals surface area contributed by atoms with E-state index in [1.807, 2.05) is 54.6 Å². The predicted molar refractivity (Wildman–Crippen MR) is 98.0 cm³/mol. The minimum Gasteiger partial charge on any atom is -0.496 e. The molecule has 0 atom stereocenters. The van der Waals surface area contributed by atoms with Gasteiger partial charge in [-0.1, -0.05) is 46.3 Å². The van der Waals surface area contributed by atoms with E-state index in [0.29, 0.717) is 5.56 Å². The van der Waals surface area contributed by atoms with Crippen LogP contribution < -0.4 is 4.74 Å². The molecular formula is C20H15BrO2. The zero-order valence-electron chi connectivity index (χ0n) is 12.6. The number of methoxy groups -OCH3 is 1. The van der Waals surface area contributed by atoms with Crippen LogP contribution in [0.25, 0.3) is 16.8 Å². The first-order valence-electron chi connectivity index (χ1n) is 7.23. The smallest absolute Gasteiger partial charge is 0.185 e. The highest BCUT2D eigenvalue weighted by molar-refractivity contribution is 9.10. The van der Waals surface area contributed by atoms with Gasteiger partial charge in [0, 0.05) is 15.6 Å². The molecule has 0 amide bonds. The molecule has 3 heteroatoms. The fourth-order valence-electron chi connectivity index (χ4n) is 2.49. The van der Waals surface area contributed by atoms with Crippen LogP contribution in [0.1, 0.15) is 15.9 Å². The van der Waals surface area contributed by atoms with Crippen LogP contribution in [-0.2, 0) is 0 Å². The zero-order chi connectivity index (χ0) is 16.2. The number of ketones is 1. The Morgan fingerprint density at radius 1 is 1.00 bits per heavy atom. The molecule has 0 aliphatic heterocycles. The average Bonchev–Trinajstić information content (AvgIpc) is 2.59. The summed E-state index contributed by atoms with van der Waals surface area (Å²) in [4.78, 5) is 12.3. The largest absolute Gasteiger partial charge is 0.496 e. The molecule has 3 aromatic carbocycles. The Labute approximate surface area is 143 Å². The monoisotopic (exact) mass is 366 g/mol. The summed E-state index contributed by atoms with van der Waals surface area (Å²) in [6.45, 7) is 0. The lowest BCUT2D eigenvalue weighted by Crippen LogP contribution is -1.94. The van der Waals surface area contributed by atoms with Crippen LogP contribution in [0.4, 0.5) is 0 Å². The molecule has 0 saturated heterocycles. The molecule has 0 radical (unpaired) electrons. The lowest BCUT2D eigenvalue weighted by Gasteiger charge is -2.08. The van der Waals surface area contributed by atoms with E-state index in [9.17, 15) is 4.79 Å². The maximum atomic E-state index is 12.3. The number of halogens is 1. The summed E-state index contributed by atoms with van der Waals surface area (Å²) in [5, 5.41) is 2.18. The van der Waals surface area contributed by atoms with Crippen LogP contribution >= 0.6 is 15.9 Å². The zero-order valence-corrected chi connectivity index (χ0v) is 14.2. The number of hydrogen-bond donors (Lipinski definition) is 0. The van der Waals surface area contributed by atoms with E-state index >= 15 is 0 Å². The van der Waals surface area contributed by atoms with Crippen molar-refractivity contribution in [1.82, 2.24) is 0 Å². The average molecular weight is 367 g/mol. The van der Waals surface area contributed by atoms with Gasteiger partial charge in [-0.25, -0.2) is 0 Å². The van der Waals surface area contributed by atoms with Gasteiger partial charge >= 0.3 is 0 Å². The van der Waals surface area contributed by atoms with Crippen LogP contribution in [0.15, 0.2) is 71.2 Å². The molecular weight excluding hydrogens is 352 g/mol. The van der Waals surface area contributed by atoms with Crippen LogP contribution in [0, 0.1) is 0 Å². The van der Waals surface area contributed by atoms with E-state index in [1.165, 1.54) is 0 Å². The van der Waals surface area contributed by atoms with Gasteiger partial charge in [-0.2, -0.15) is 0 Å². The Balaban J connectivity index is 2.00. The van der Waals surface area contributed by atoms with Gasteiger partial charge in [-0.05, 0) is 53.3 Å². The Kier molecular flexibility index (Phi) is 4.58. The van der Waals surface area contributed by atoms with Crippen molar-refractivity contribution in [3.63, 3.8) is 0 Å². The lowest BCUT2D eigenvalue weighted by molar-refractivity contribution is 0.104. The summed E-state index contributed by atoms with van der Waals surface area (Å²) in [7, 11) is 1.64. The summed E-state index contributed by atoms with van der Waals surface area (Å²) in [5.41, 5.74) is 1.57. The van der Waals surface area contributed by atoms with E-state index in [0.717, 1.165) is 26.6 Å². The standard InChI is InChI=1S/C20H15BrO2/c1-23-20-13-8-14-4-2-3-5-17(14)18(20)11-12-19(22)15-6-9-16(21)10-7-15/h2-13H,1H3/b12-11-. The van der Waals surface area contributed by atoms with Gasteiger partial charge in [0.15, 0.2) is 5.78 Å². The van der Waals surface area contributed by atoms with E-state index < -0.39 is 0 Å². The van der Waals surface area contributed by atoms with Crippen LogP contribution in [-0.4, -0.2) is 12.9 Å². The molecule has 0 aliphatic carbocycles. The predicted octanol–water partition coefficient (Wildman–Crippen LogP) is 5.51. The summed E-state index contributed by atoms with van der Waals surface area (Å²) < 4.78 is 6.39. The van der Waals surface area contributed by atoms with Gasteiger partial charge in [0.05, 0.1) is 7.11 Å². The fraction of sp³-hybridized carbons (Fsp3) is 0.0500. The number of allylic oxidation sites excluding steroid dienone is 1. The summed E-state index contributed by atoms with van der Waals surface area (Å²) >= 11 is 3.37. The molecule has 3 rings (SSSR count). The Morgan fingerprint density at radius 3 is 2.48 bits per heavy atom. The second-order valence-corrected chi connectivity index (χ2v) is 6.02. The van der Waals surface area contributed by atoms with Crippen molar-refractivity contribution in [2.75, 3.05) is 7.11 Å². The SMILES string of the molecule is COc1ccc2ccccc2c1/C=C\C(=O)c1ccc(Br)cc1. The number of hydrogen-bond acceptors (Lipinski definition) is 2. The van der Waals surface area contributed by atoms with Gasteiger partial charge < -0.3 is 4.74 Å². The normalized spacial score (nSPS) is 11.0. The van der Waals surface area contributed by atoms with Crippen molar-refractivity contribution in [2.45, 2.75) is 0 Å². The Morgan fingerprint density at radius 2 is 1.74 bits per heavy atom. The molecule has 0 bridgehead atoms. The van der Waals surface area contributed by atoms with Gasteiger partial charge in [-0.3, -0.25) is 4.79 Å². The van der Waals surface area contributed by atoms with E-state index in [4.69, 9.17) is 4.74 Å². The summed E-state index contributed by atoms with van der Waals surface area (Å²) in [5.74, 6) is 0.719. The van der Waals surface area contributed by atoms with Gasteiger partial charge in [-0.15, -0.1) is 0 Å². The van der Waals surface area contributed by atoms with E-state index in [-0.39, 0.29) is 5.78 Å². The third-order valence-electron chi connectivity index (χ3n) is 3.68. The molecule has 0 spiro atoms. The number of benzene rings is 3. The number of ether oxygens (including phenoxy) is 1. The number of fused-ring (bicyclic) bond motifs is 1. The van der Waals surface area contributed by atoms with Crippen molar-refractivity contribution in [3.8, 4) is 5.75 Å².